The Bertz CT molecular complexity index is 477. The van der Waals surface area contributed by atoms with E-state index in [-0.39, 0.29) is 12.0 Å². The molecule has 4 nitrogen and oxygen atoms in total. The number of aliphatic hydroxyl groups is 1. The Morgan fingerprint density at radius 1 is 1.24 bits per heavy atom. The van der Waals surface area contributed by atoms with Gasteiger partial charge < -0.3 is 15.7 Å². The van der Waals surface area contributed by atoms with Crippen molar-refractivity contribution in [2.75, 3.05) is 19.6 Å². The summed E-state index contributed by atoms with van der Waals surface area (Å²) in [5.41, 5.74) is 0.729. The average Bonchev–Trinajstić information content (AvgIpc) is 2.51. The van der Waals surface area contributed by atoms with Crippen molar-refractivity contribution in [1.82, 2.24) is 10.6 Å². The Labute approximate surface area is 125 Å². The van der Waals surface area contributed by atoms with E-state index < -0.39 is 5.41 Å². The minimum absolute atomic E-state index is 0.150. The van der Waals surface area contributed by atoms with E-state index in [1.807, 2.05) is 18.2 Å². The molecule has 1 amide bonds. The third-order valence-electron chi connectivity index (χ3n) is 4.98. The first kappa shape index (κ1) is 14.5. The van der Waals surface area contributed by atoms with Gasteiger partial charge in [-0.05, 0) is 50.3 Å². The molecule has 0 unspecified atom stereocenters. The number of hydrogen-bond acceptors (Lipinski definition) is 3. The lowest BCUT2D eigenvalue weighted by Gasteiger charge is -2.38. The number of benzene rings is 1. The Morgan fingerprint density at radius 2 is 1.90 bits per heavy atom. The number of rotatable bonds is 4. The van der Waals surface area contributed by atoms with E-state index in [1.165, 1.54) is 0 Å². The maximum Gasteiger partial charge on any atom is 0.230 e. The van der Waals surface area contributed by atoms with Crippen LogP contribution in [0.25, 0.3) is 0 Å². The molecule has 1 aromatic rings. The van der Waals surface area contributed by atoms with E-state index in [1.54, 1.807) is 0 Å². The molecule has 1 aromatic carbocycles. The summed E-state index contributed by atoms with van der Waals surface area (Å²) in [6.07, 6.45) is 3.17. The molecule has 0 atom stereocenters. The SMILES string of the molecule is O=C(NCC1CC(O)C1)C1(c2ccccc2)CCNCC1. The number of piperidine rings is 1. The maximum atomic E-state index is 12.8. The molecule has 2 fully saturated rings. The zero-order valence-electron chi connectivity index (χ0n) is 12.3. The third-order valence-corrected chi connectivity index (χ3v) is 4.98. The van der Waals surface area contributed by atoms with Gasteiger partial charge in [-0.25, -0.2) is 0 Å². The number of aliphatic hydroxyl groups excluding tert-OH is 1. The van der Waals surface area contributed by atoms with Gasteiger partial charge in [-0.3, -0.25) is 4.79 Å². The molecule has 0 spiro atoms. The van der Waals surface area contributed by atoms with Gasteiger partial charge >= 0.3 is 0 Å². The summed E-state index contributed by atoms with van der Waals surface area (Å²) in [4.78, 5) is 12.8. The van der Waals surface area contributed by atoms with Crippen LogP contribution in [-0.4, -0.2) is 36.8 Å². The largest absolute Gasteiger partial charge is 0.393 e. The van der Waals surface area contributed by atoms with Gasteiger partial charge in [0.05, 0.1) is 11.5 Å². The van der Waals surface area contributed by atoms with Crippen molar-refractivity contribution in [1.29, 1.82) is 0 Å². The van der Waals surface area contributed by atoms with E-state index in [9.17, 15) is 9.90 Å². The zero-order chi connectivity index (χ0) is 14.7. The predicted octanol–water partition coefficient (Wildman–Crippen LogP) is 1.19. The van der Waals surface area contributed by atoms with Crippen molar-refractivity contribution in [3.8, 4) is 0 Å². The summed E-state index contributed by atoms with van der Waals surface area (Å²) in [6.45, 7) is 2.45. The summed E-state index contributed by atoms with van der Waals surface area (Å²) < 4.78 is 0. The molecule has 0 aromatic heterocycles. The first-order valence-electron chi connectivity index (χ1n) is 7.93. The number of hydrogen-bond donors (Lipinski definition) is 3. The van der Waals surface area contributed by atoms with Crippen LogP contribution in [0, 0.1) is 5.92 Å². The Kier molecular flexibility index (Phi) is 4.27. The van der Waals surface area contributed by atoms with Crippen LogP contribution >= 0.6 is 0 Å². The molecule has 1 aliphatic carbocycles. The Balaban J connectivity index is 1.71. The van der Waals surface area contributed by atoms with Crippen LogP contribution in [0.3, 0.4) is 0 Å². The van der Waals surface area contributed by atoms with Crippen LogP contribution < -0.4 is 10.6 Å². The molecule has 114 valence electrons. The molecule has 2 aliphatic rings. The van der Waals surface area contributed by atoms with Crippen LogP contribution in [-0.2, 0) is 10.2 Å². The molecule has 3 rings (SSSR count). The monoisotopic (exact) mass is 288 g/mol. The highest BCUT2D eigenvalue weighted by Crippen LogP contribution is 2.34. The van der Waals surface area contributed by atoms with Gasteiger partial charge in [0.25, 0.3) is 0 Å². The fraction of sp³-hybridized carbons (Fsp3) is 0.588. The first-order valence-corrected chi connectivity index (χ1v) is 7.93. The zero-order valence-corrected chi connectivity index (χ0v) is 12.3. The van der Waals surface area contributed by atoms with Crippen LogP contribution in [0.4, 0.5) is 0 Å². The van der Waals surface area contributed by atoms with E-state index in [2.05, 4.69) is 22.8 Å². The normalized spacial score (nSPS) is 27.7. The minimum Gasteiger partial charge on any atom is -0.393 e. The summed E-state index contributed by atoms with van der Waals surface area (Å²) in [6, 6.07) is 10.1. The fourth-order valence-corrected chi connectivity index (χ4v) is 3.53. The third kappa shape index (κ3) is 2.97. The lowest BCUT2D eigenvalue weighted by atomic mass is 9.72. The van der Waals surface area contributed by atoms with Crippen molar-refractivity contribution in [2.24, 2.45) is 5.92 Å². The van der Waals surface area contributed by atoms with Gasteiger partial charge in [0.2, 0.25) is 5.91 Å². The summed E-state index contributed by atoms with van der Waals surface area (Å²) >= 11 is 0. The summed E-state index contributed by atoms with van der Waals surface area (Å²) in [5, 5.41) is 15.8. The minimum atomic E-state index is -0.394. The van der Waals surface area contributed by atoms with Gasteiger partial charge in [0, 0.05) is 6.54 Å². The quantitative estimate of drug-likeness (QED) is 0.780. The van der Waals surface area contributed by atoms with Crippen molar-refractivity contribution in [3.63, 3.8) is 0 Å². The van der Waals surface area contributed by atoms with Crippen molar-refractivity contribution in [3.05, 3.63) is 35.9 Å². The molecule has 1 aliphatic heterocycles. The molecular formula is C17H24N2O2. The molecule has 4 heteroatoms. The van der Waals surface area contributed by atoms with E-state index in [4.69, 9.17) is 0 Å². The van der Waals surface area contributed by atoms with Crippen LogP contribution in [0.1, 0.15) is 31.2 Å². The Morgan fingerprint density at radius 3 is 2.52 bits per heavy atom. The molecule has 21 heavy (non-hydrogen) atoms. The van der Waals surface area contributed by atoms with Crippen LogP contribution in [0.2, 0.25) is 0 Å². The number of carbonyl (C=O) groups excluding carboxylic acids is 1. The average molecular weight is 288 g/mol. The van der Waals surface area contributed by atoms with Gasteiger partial charge in [-0.2, -0.15) is 0 Å². The van der Waals surface area contributed by atoms with E-state index in [0.717, 1.165) is 44.3 Å². The molecule has 0 radical (unpaired) electrons. The summed E-state index contributed by atoms with van der Waals surface area (Å²) in [7, 11) is 0. The fourth-order valence-electron chi connectivity index (χ4n) is 3.53. The number of amides is 1. The standard InChI is InChI=1S/C17H24N2O2/c20-15-10-13(11-15)12-19-16(21)17(6-8-18-9-7-17)14-4-2-1-3-5-14/h1-5,13,15,18,20H,6-12H2,(H,19,21). The second-order valence-corrected chi connectivity index (χ2v) is 6.40. The van der Waals surface area contributed by atoms with Gasteiger partial charge in [0.15, 0.2) is 0 Å². The van der Waals surface area contributed by atoms with E-state index >= 15 is 0 Å². The highest BCUT2D eigenvalue weighted by Gasteiger charge is 2.41. The number of nitrogens with one attached hydrogen (secondary N) is 2. The van der Waals surface area contributed by atoms with Crippen LogP contribution in [0.5, 0.6) is 0 Å². The molecule has 1 saturated carbocycles. The lowest BCUT2D eigenvalue weighted by molar-refractivity contribution is -0.128. The molecule has 1 heterocycles. The molecule has 1 saturated heterocycles. The smallest absolute Gasteiger partial charge is 0.230 e. The molecule has 3 N–H and O–H groups in total. The highest BCUT2D eigenvalue weighted by molar-refractivity contribution is 5.88. The van der Waals surface area contributed by atoms with Crippen molar-refractivity contribution < 1.29 is 9.90 Å². The molecule has 0 bridgehead atoms. The summed E-state index contributed by atoms with van der Waals surface area (Å²) in [5.74, 6) is 0.593. The highest BCUT2D eigenvalue weighted by atomic mass is 16.3. The second-order valence-electron chi connectivity index (χ2n) is 6.40. The van der Waals surface area contributed by atoms with Crippen molar-refractivity contribution >= 4 is 5.91 Å². The predicted molar refractivity (Wildman–Crippen MR) is 82.0 cm³/mol. The Hall–Kier alpha value is -1.39. The van der Waals surface area contributed by atoms with Gasteiger partial charge in [-0.1, -0.05) is 30.3 Å². The lowest BCUT2D eigenvalue weighted by Crippen LogP contribution is -2.52. The van der Waals surface area contributed by atoms with Gasteiger partial charge in [-0.15, -0.1) is 0 Å². The van der Waals surface area contributed by atoms with Crippen LogP contribution in [0.15, 0.2) is 30.3 Å². The second kappa shape index (κ2) is 6.16. The van der Waals surface area contributed by atoms with E-state index in [0.29, 0.717) is 12.5 Å². The molecular weight excluding hydrogens is 264 g/mol. The first-order chi connectivity index (χ1) is 10.2. The maximum absolute atomic E-state index is 12.8. The topological polar surface area (TPSA) is 61.4 Å². The van der Waals surface area contributed by atoms with Crippen molar-refractivity contribution in [2.45, 2.75) is 37.2 Å². The van der Waals surface area contributed by atoms with Gasteiger partial charge in [0.1, 0.15) is 0 Å². The number of carbonyl (C=O) groups is 1.